The number of carboxylic acid groups (broad SMARTS) is 1. The normalized spacial score (nSPS) is 10.9. The topological polar surface area (TPSA) is 86.5 Å². The second-order valence-electron chi connectivity index (χ2n) is 6.40. The van der Waals surface area contributed by atoms with Crippen LogP contribution in [-0.2, 0) is 13.7 Å². The number of fused-ring (bicyclic) bond motifs is 1. The van der Waals surface area contributed by atoms with E-state index in [1.54, 1.807) is 30.3 Å². The number of carbonyl (C=O) groups is 1. The average molecular weight is 428 g/mol. The molecule has 2 aromatic carbocycles. The molecule has 152 valence electrons. The van der Waals surface area contributed by atoms with Gasteiger partial charge in [-0.2, -0.15) is 0 Å². The maximum atomic E-state index is 13.9. The van der Waals surface area contributed by atoms with Crippen molar-refractivity contribution in [3.63, 3.8) is 0 Å². The number of ether oxygens (including phenoxy) is 2. The number of imidazole rings is 1. The lowest BCUT2D eigenvalue weighted by Gasteiger charge is -2.08. The van der Waals surface area contributed by atoms with Gasteiger partial charge in [-0.05, 0) is 36.4 Å². The number of benzene rings is 2. The Morgan fingerprint density at radius 2 is 2.03 bits per heavy atom. The molecule has 0 fully saturated rings. The Morgan fingerprint density at radius 3 is 2.80 bits per heavy atom. The molecule has 0 aliphatic rings. The van der Waals surface area contributed by atoms with Crippen LogP contribution in [0.3, 0.4) is 0 Å². The van der Waals surface area contributed by atoms with Gasteiger partial charge >= 0.3 is 5.97 Å². The number of aromatic nitrogens is 3. The van der Waals surface area contributed by atoms with Crippen LogP contribution < -0.4 is 9.47 Å². The molecule has 0 radical (unpaired) electrons. The standard InChI is InChI=1S/C21H15ClFN3O4/c1-26-18-9-15(30-20-16(23)8-13(22)10-24-20)5-6-17(18)25-19(26)11-29-14-4-2-3-12(7-14)21(27)28/h2-10H,11H2,1H3,(H,27,28). The first-order valence-electron chi connectivity index (χ1n) is 8.81. The smallest absolute Gasteiger partial charge is 0.335 e. The number of nitrogens with zero attached hydrogens (tertiary/aromatic N) is 3. The molecule has 0 amide bonds. The van der Waals surface area contributed by atoms with Crippen molar-refractivity contribution in [1.29, 1.82) is 0 Å². The molecule has 0 unspecified atom stereocenters. The van der Waals surface area contributed by atoms with Crippen LogP contribution >= 0.6 is 11.6 Å². The Labute approximate surface area is 175 Å². The number of hydrogen-bond donors (Lipinski definition) is 1. The van der Waals surface area contributed by atoms with Crippen LogP contribution in [0.15, 0.2) is 54.7 Å². The lowest BCUT2D eigenvalue weighted by atomic mass is 10.2. The predicted molar refractivity (Wildman–Crippen MR) is 108 cm³/mol. The van der Waals surface area contributed by atoms with Crippen molar-refractivity contribution in [2.45, 2.75) is 6.61 Å². The molecule has 4 rings (SSSR count). The highest BCUT2D eigenvalue weighted by molar-refractivity contribution is 6.30. The fourth-order valence-electron chi connectivity index (χ4n) is 2.87. The zero-order valence-electron chi connectivity index (χ0n) is 15.7. The summed E-state index contributed by atoms with van der Waals surface area (Å²) in [5.74, 6) is -0.426. The molecule has 7 nitrogen and oxygen atoms in total. The minimum absolute atomic E-state index is 0.137. The summed E-state index contributed by atoms with van der Waals surface area (Å²) in [6.45, 7) is 0.137. The van der Waals surface area contributed by atoms with Gasteiger partial charge in [-0.3, -0.25) is 0 Å². The summed E-state index contributed by atoms with van der Waals surface area (Å²) in [4.78, 5) is 19.5. The average Bonchev–Trinajstić information content (AvgIpc) is 3.04. The van der Waals surface area contributed by atoms with Crippen LogP contribution in [0.5, 0.6) is 17.4 Å². The quantitative estimate of drug-likeness (QED) is 0.474. The van der Waals surface area contributed by atoms with Crippen molar-refractivity contribution in [3.05, 3.63) is 77.0 Å². The molecule has 4 aromatic rings. The highest BCUT2D eigenvalue weighted by Gasteiger charge is 2.13. The summed E-state index contributed by atoms with van der Waals surface area (Å²) < 4.78 is 27.0. The molecule has 0 saturated carbocycles. The number of pyridine rings is 1. The maximum absolute atomic E-state index is 13.9. The van der Waals surface area contributed by atoms with E-state index in [1.807, 2.05) is 11.6 Å². The molecule has 0 saturated heterocycles. The van der Waals surface area contributed by atoms with Gasteiger partial charge in [0.2, 0.25) is 0 Å². The summed E-state index contributed by atoms with van der Waals surface area (Å²) in [6, 6.07) is 12.5. The van der Waals surface area contributed by atoms with Gasteiger partial charge in [0.1, 0.15) is 23.9 Å². The van der Waals surface area contributed by atoms with Crippen molar-refractivity contribution < 1.29 is 23.8 Å². The van der Waals surface area contributed by atoms with E-state index >= 15 is 0 Å². The first kappa shape index (κ1) is 19.7. The fourth-order valence-corrected chi connectivity index (χ4v) is 3.01. The van der Waals surface area contributed by atoms with Crippen molar-refractivity contribution in [2.75, 3.05) is 0 Å². The van der Waals surface area contributed by atoms with Crippen molar-refractivity contribution in [1.82, 2.24) is 14.5 Å². The summed E-state index contributed by atoms with van der Waals surface area (Å²) >= 11 is 5.71. The third-order valence-electron chi connectivity index (χ3n) is 4.38. The Morgan fingerprint density at radius 1 is 1.20 bits per heavy atom. The molecule has 0 bridgehead atoms. The van der Waals surface area contributed by atoms with Crippen LogP contribution in [0.4, 0.5) is 4.39 Å². The Kier molecular flexibility index (Phi) is 5.24. The summed E-state index contributed by atoms with van der Waals surface area (Å²) in [6.07, 6.45) is 1.30. The molecular formula is C21H15ClFN3O4. The maximum Gasteiger partial charge on any atom is 0.335 e. The van der Waals surface area contributed by atoms with Crippen LogP contribution in [0.2, 0.25) is 5.02 Å². The number of halogens is 2. The van der Waals surface area contributed by atoms with Crippen LogP contribution in [0, 0.1) is 5.82 Å². The molecule has 1 N–H and O–H groups in total. The van der Waals surface area contributed by atoms with Gasteiger partial charge in [0.05, 0.1) is 21.6 Å². The van der Waals surface area contributed by atoms with Gasteiger partial charge in [0, 0.05) is 19.3 Å². The third-order valence-corrected chi connectivity index (χ3v) is 4.59. The van der Waals surface area contributed by atoms with E-state index in [1.165, 1.54) is 18.3 Å². The SMILES string of the molecule is Cn1c(COc2cccc(C(=O)O)c2)nc2ccc(Oc3ncc(Cl)cc3F)cc21. The largest absolute Gasteiger partial charge is 0.486 e. The molecular weight excluding hydrogens is 413 g/mol. The zero-order valence-corrected chi connectivity index (χ0v) is 16.4. The Hall–Kier alpha value is -3.65. The molecule has 0 aliphatic carbocycles. The Bertz CT molecular complexity index is 1260. The molecule has 9 heteroatoms. The minimum Gasteiger partial charge on any atom is -0.486 e. The van der Waals surface area contributed by atoms with E-state index in [2.05, 4.69) is 9.97 Å². The number of rotatable bonds is 6. The second-order valence-corrected chi connectivity index (χ2v) is 6.84. The van der Waals surface area contributed by atoms with E-state index in [9.17, 15) is 9.18 Å². The van der Waals surface area contributed by atoms with E-state index in [0.29, 0.717) is 22.8 Å². The zero-order chi connectivity index (χ0) is 21.3. The summed E-state index contributed by atoms with van der Waals surface area (Å²) in [5, 5.41) is 9.26. The summed E-state index contributed by atoms with van der Waals surface area (Å²) in [5.41, 5.74) is 1.59. The van der Waals surface area contributed by atoms with Gasteiger partial charge in [-0.1, -0.05) is 17.7 Å². The molecule has 0 atom stereocenters. The van der Waals surface area contributed by atoms with Crippen LogP contribution in [0.25, 0.3) is 11.0 Å². The third kappa shape index (κ3) is 4.04. The second kappa shape index (κ2) is 8.00. The molecule has 2 heterocycles. The van der Waals surface area contributed by atoms with Gasteiger partial charge in [-0.25, -0.2) is 19.2 Å². The van der Waals surface area contributed by atoms with E-state index < -0.39 is 11.8 Å². The molecule has 0 aliphatic heterocycles. The van der Waals surface area contributed by atoms with Gasteiger partial charge in [-0.15, -0.1) is 0 Å². The van der Waals surface area contributed by atoms with Crippen LogP contribution in [-0.4, -0.2) is 25.6 Å². The highest BCUT2D eigenvalue weighted by Crippen LogP contribution is 2.27. The monoisotopic (exact) mass is 427 g/mol. The van der Waals surface area contributed by atoms with Gasteiger partial charge in [0.25, 0.3) is 5.88 Å². The lowest BCUT2D eigenvalue weighted by molar-refractivity contribution is 0.0696. The van der Waals surface area contributed by atoms with Crippen LogP contribution in [0.1, 0.15) is 16.2 Å². The van der Waals surface area contributed by atoms with Crippen molar-refractivity contribution >= 4 is 28.6 Å². The fraction of sp³-hybridized carbons (Fsp3) is 0.0952. The van der Waals surface area contributed by atoms with Gasteiger partial charge in [0.15, 0.2) is 5.82 Å². The van der Waals surface area contributed by atoms with Gasteiger partial charge < -0.3 is 19.1 Å². The highest BCUT2D eigenvalue weighted by atomic mass is 35.5. The lowest BCUT2D eigenvalue weighted by Crippen LogP contribution is -2.04. The van der Waals surface area contributed by atoms with E-state index in [0.717, 1.165) is 11.6 Å². The van der Waals surface area contributed by atoms with Crippen molar-refractivity contribution in [3.8, 4) is 17.4 Å². The Balaban J connectivity index is 1.55. The molecule has 2 aromatic heterocycles. The van der Waals surface area contributed by atoms with E-state index in [-0.39, 0.29) is 23.1 Å². The number of carboxylic acids is 1. The van der Waals surface area contributed by atoms with E-state index in [4.69, 9.17) is 26.2 Å². The first-order valence-corrected chi connectivity index (χ1v) is 9.19. The minimum atomic E-state index is -1.03. The first-order chi connectivity index (χ1) is 14.4. The number of aryl methyl sites for hydroxylation is 1. The summed E-state index contributed by atoms with van der Waals surface area (Å²) in [7, 11) is 1.81. The molecule has 0 spiro atoms. The number of aromatic carboxylic acids is 1. The predicted octanol–water partition coefficient (Wildman–Crippen LogP) is 4.83. The number of hydrogen-bond acceptors (Lipinski definition) is 5. The molecule has 30 heavy (non-hydrogen) atoms. The van der Waals surface area contributed by atoms with Crippen molar-refractivity contribution in [2.24, 2.45) is 7.05 Å².